The summed E-state index contributed by atoms with van der Waals surface area (Å²) in [4.78, 5) is 20.9. The molecule has 1 aromatic carbocycles. The second-order valence-corrected chi connectivity index (χ2v) is 9.74. The first-order valence-corrected chi connectivity index (χ1v) is 11.6. The number of pyridine rings is 1. The van der Waals surface area contributed by atoms with Crippen LogP contribution in [0.25, 0.3) is 11.1 Å². The molecule has 7 nitrogen and oxygen atoms in total. The molecular weight excluding hydrogens is 414 g/mol. The van der Waals surface area contributed by atoms with Crippen LogP contribution in [0.5, 0.6) is 0 Å². The predicted octanol–water partition coefficient (Wildman–Crippen LogP) is 3.74. The van der Waals surface area contributed by atoms with Gasteiger partial charge in [-0.2, -0.15) is 0 Å². The van der Waals surface area contributed by atoms with E-state index in [1.54, 1.807) is 12.1 Å². The maximum absolute atomic E-state index is 12.5. The Bertz CT molecular complexity index is 1170. The minimum absolute atomic E-state index is 0.0208. The van der Waals surface area contributed by atoms with Crippen molar-refractivity contribution in [2.24, 2.45) is 0 Å². The zero-order valence-corrected chi connectivity index (χ0v) is 17.3. The molecule has 0 unspecified atom stereocenters. The van der Waals surface area contributed by atoms with E-state index in [1.807, 2.05) is 6.07 Å². The summed E-state index contributed by atoms with van der Waals surface area (Å²) in [6, 6.07) is 8.22. The summed E-state index contributed by atoms with van der Waals surface area (Å²) in [5, 5.41) is 3.51. The van der Waals surface area contributed by atoms with Crippen LogP contribution in [0.15, 0.2) is 46.0 Å². The summed E-state index contributed by atoms with van der Waals surface area (Å²) in [7, 11) is -3.46. The van der Waals surface area contributed by atoms with E-state index < -0.39 is 9.84 Å². The number of hydrogen-bond acceptors (Lipinski definition) is 6. The smallest absolute Gasteiger partial charge is 0.251 e. The lowest BCUT2D eigenvalue weighted by Gasteiger charge is -2.27. The Balaban J connectivity index is 1.39. The van der Waals surface area contributed by atoms with Crippen molar-refractivity contribution >= 4 is 38.4 Å². The predicted molar refractivity (Wildman–Crippen MR) is 109 cm³/mol. The molecule has 3 aromatic rings. The third kappa shape index (κ3) is 4.43. The highest BCUT2D eigenvalue weighted by Crippen LogP contribution is 2.34. The summed E-state index contributed by atoms with van der Waals surface area (Å²) < 4.78 is 29.1. The number of amides is 1. The van der Waals surface area contributed by atoms with Gasteiger partial charge < -0.3 is 9.73 Å². The van der Waals surface area contributed by atoms with Crippen LogP contribution < -0.4 is 5.32 Å². The van der Waals surface area contributed by atoms with Gasteiger partial charge in [-0.15, -0.1) is 0 Å². The molecule has 1 aliphatic rings. The van der Waals surface area contributed by atoms with E-state index in [-0.39, 0.29) is 22.9 Å². The second kappa shape index (κ2) is 7.76. The Morgan fingerprint density at radius 2 is 1.93 bits per heavy atom. The van der Waals surface area contributed by atoms with Crippen molar-refractivity contribution < 1.29 is 17.6 Å². The van der Waals surface area contributed by atoms with Crippen LogP contribution in [0, 0.1) is 0 Å². The lowest BCUT2D eigenvalue weighted by atomic mass is 9.86. The van der Waals surface area contributed by atoms with E-state index >= 15 is 0 Å². The molecule has 1 saturated carbocycles. The fourth-order valence-corrected chi connectivity index (χ4v) is 4.36. The highest BCUT2D eigenvalue weighted by atomic mass is 35.5. The quantitative estimate of drug-likeness (QED) is 0.672. The van der Waals surface area contributed by atoms with E-state index in [0.717, 1.165) is 43.0 Å². The molecule has 0 saturated heterocycles. The Hall–Kier alpha value is -2.45. The Morgan fingerprint density at radius 3 is 2.66 bits per heavy atom. The van der Waals surface area contributed by atoms with Crippen LogP contribution in [0.2, 0.25) is 5.02 Å². The van der Waals surface area contributed by atoms with E-state index in [4.69, 9.17) is 16.0 Å². The number of oxazole rings is 1. The molecule has 1 fully saturated rings. The number of fused-ring (bicyclic) bond motifs is 1. The Kier molecular flexibility index (Phi) is 5.31. The lowest BCUT2D eigenvalue weighted by molar-refractivity contribution is 0.0924. The van der Waals surface area contributed by atoms with Crippen LogP contribution in [0.4, 0.5) is 0 Å². The highest BCUT2D eigenvalue weighted by Gasteiger charge is 2.27. The topological polar surface area (TPSA) is 102 Å². The summed E-state index contributed by atoms with van der Waals surface area (Å²) in [5.41, 5.74) is 1.76. The number of carbonyl (C=O) groups excluding carboxylic acids is 1. The van der Waals surface area contributed by atoms with Crippen molar-refractivity contribution in [2.45, 2.75) is 42.7 Å². The standard InChI is InChI=1S/C20H20ClN3O4S/c1-29(26,27)18-10-13(8-9-22-18)19(25)23-15-5-2-12(3-6-15)20-24-16-11-14(21)4-7-17(16)28-20/h4,7-12,15H,2-3,5-6H2,1H3,(H,23,25). The fourth-order valence-electron chi connectivity index (χ4n) is 3.60. The van der Waals surface area contributed by atoms with Crippen molar-refractivity contribution in [1.29, 1.82) is 0 Å². The largest absolute Gasteiger partial charge is 0.440 e. The van der Waals surface area contributed by atoms with Gasteiger partial charge in [0.25, 0.3) is 5.91 Å². The fraction of sp³-hybridized carbons (Fsp3) is 0.350. The summed E-state index contributed by atoms with van der Waals surface area (Å²) >= 11 is 6.01. The van der Waals surface area contributed by atoms with Gasteiger partial charge in [-0.25, -0.2) is 18.4 Å². The highest BCUT2D eigenvalue weighted by molar-refractivity contribution is 7.90. The van der Waals surface area contributed by atoms with Crippen LogP contribution in [0.3, 0.4) is 0 Å². The molecule has 0 atom stereocenters. The molecule has 2 aromatic heterocycles. The molecule has 152 valence electrons. The molecule has 0 aliphatic heterocycles. The molecule has 9 heteroatoms. The van der Waals surface area contributed by atoms with Gasteiger partial charge in [0.05, 0.1) is 0 Å². The van der Waals surface area contributed by atoms with Crippen LogP contribution in [0.1, 0.15) is 47.8 Å². The maximum atomic E-state index is 12.5. The van der Waals surface area contributed by atoms with Crippen molar-refractivity contribution in [3.8, 4) is 0 Å². The van der Waals surface area contributed by atoms with Gasteiger partial charge in [0.1, 0.15) is 5.52 Å². The third-order valence-electron chi connectivity index (χ3n) is 5.15. The van der Waals surface area contributed by atoms with Crippen LogP contribution >= 0.6 is 11.6 Å². The monoisotopic (exact) mass is 433 g/mol. The normalized spacial score (nSPS) is 19.9. The molecule has 1 amide bonds. The van der Waals surface area contributed by atoms with Crippen molar-refractivity contribution in [2.75, 3.05) is 6.26 Å². The van der Waals surface area contributed by atoms with E-state index in [0.29, 0.717) is 16.5 Å². The van der Waals surface area contributed by atoms with E-state index in [2.05, 4.69) is 15.3 Å². The number of hydrogen-bond donors (Lipinski definition) is 1. The number of aromatic nitrogens is 2. The molecule has 1 aliphatic carbocycles. The Labute approximate surface area is 173 Å². The summed E-state index contributed by atoms with van der Waals surface area (Å²) in [6.45, 7) is 0. The molecule has 2 heterocycles. The molecule has 1 N–H and O–H groups in total. The first-order chi connectivity index (χ1) is 13.8. The van der Waals surface area contributed by atoms with Crippen molar-refractivity contribution in [3.05, 3.63) is 53.0 Å². The van der Waals surface area contributed by atoms with Crippen LogP contribution in [-0.2, 0) is 9.84 Å². The van der Waals surface area contributed by atoms with Gasteiger partial charge >= 0.3 is 0 Å². The molecule has 29 heavy (non-hydrogen) atoms. The minimum Gasteiger partial charge on any atom is -0.440 e. The lowest BCUT2D eigenvalue weighted by Crippen LogP contribution is -2.37. The zero-order chi connectivity index (χ0) is 20.6. The average Bonchev–Trinajstić information content (AvgIpc) is 3.11. The number of rotatable bonds is 4. The molecule has 4 rings (SSSR count). The van der Waals surface area contributed by atoms with Crippen LogP contribution in [-0.4, -0.2) is 36.6 Å². The molecule has 0 bridgehead atoms. The first-order valence-electron chi connectivity index (χ1n) is 9.32. The number of sulfone groups is 1. The van der Waals surface area contributed by atoms with Gasteiger partial charge in [-0.3, -0.25) is 4.79 Å². The maximum Gasteiger partial charge on any atom is 0.251 e. The van der Waals surface area contributed by atoms with Gasteiger partial charge in [0.15, 0.2) is 26.3 Å². The van der Waals surface area contributed by atoms with Gasteiger partial charge in [-0.05, 0) is 56.0 Å². The number of carbonyl (C=O) groups is 1. The molecular formula is C20H20ClN3O4S. The van der Waals surface area contributed by atoms with Gasteiger partial charge in [0, 0.05) is 35.0 Å². The van der Waals surface area contributed by atoms with Gasteiger partial charge in [-0.1, -0.05) is 11.6 Å². The van der Waals surface area contributed by atoms with E-state index in [9.17, 15) is 13.2 Å². The molecule has 0 spiro atoms. The second-order valence-electron chi connectivity index (χ2n) is 7.34. The summed E-state index contributed by atoms with van der Waals surface area (Å²) in [5.74, 6) is 0.614. The number of halogens is 1. The Morgan fingerprint density at radius 1 is 1.17 bits per heavy atom. The molecule has 0 radical (unpaired) electrons. The number of benzene rings is 1. The van der Waals surface area contributed by atoms with Gasteiger partial charge in [0.2, 0.25) is 0 Å². The average molecular weight is 434 g/mol. The van der Waals surface area contributed by atoms with Crippen molar-refractivity contribution in [3.63, 3.8) is 0 Å². The summed E-state index contributed by atoms with van der Waals surface area (Å²) in [6.07, 6.45) is 5.67. The first kappa shape index (κ1) is 19.8. The van der Waals surface area contributed by atoms with E-state index in [1.165, 1.54) is 18.3 Å². The third-order valence-corrected chi connectivity index (χ3v) is 6.37. The zero-order valence-electron chi connectivity index (χ0n) is 15.8. The SMILES string of the molecule is CS(=O)(=O)c1cc(C(=O)NC2CCC(c3nc4cc(Cl)ccc4o3)CC2)ccn1. The number of nitrogens with zero attached hydrogens (tertiary/aromatic N) is 2. The minimum atomic E-state index is -3.46. The number of nitrogens with one attached hydrogen (secondary N) is 1. The van der Waals surface area contributed by atoms with Crippen molar-refractivity contribution in [1.82, 2.24) is 15.3 Å².